The third-order valence-corrected chi connectivity index (χ3v) is 10.1. The minimum atomic E-state index is -1.84. The van der Waals surface area contributed by atoms with Crippen LogP contribution in [0.5, 0.6) is 0 Å². The van der Waals surface area contributed by atoms with Crippen molar-refractivity contribution in [2.24, 2.45) is 0 Å². The van der Waals surface area contributed by atoms with Gasteiger partial charge in [0.1, 0.15) is 5.76 Å². The molecule has 0 spiro atoms. The summed E-state index contributed by atoms with van der Waals surface area (Å²) in [6.45, 7) is 14.2. The summed E-state index contributed by atoms with van der Waals surface area (Å²) in [7, 11) is -0.376. The van der Waals surface area contributed by atoms with Crippen LogP contribution in [0.25, 0.3) is 0 Å². The molecular weight excluding hydrogens is 344 g/mol. The quantitative estimate of drug-likeness (QED) is 0.322. The molecule has 2 atom stereocenters. The van der Waals surface area contributed by atoms with Crippen molar-refractivity contribution in [2.45, 2.75) is 70.9 Å². The van der Waals surface area contributed by atoms with E-state index in [9.17, 15) is 9.90 Å². The zero-order valence-corrected chi connectivity index (χ0v) is 18.1. The van der Waals surface area contributed by atoms with Crippen LogP contribution in [0.1, 0.15) is 41.0 Å². The molecule has 5 heteroatoms. The van der Waals surface area contributed by atoms with E-state index in [0.29, 0.717) is 23.3 Å². The summed E-state index contributed by atoms with van der Waals surface area (Å²) in [5.41, 5.74) is -0.840. The van der Waals surface area contributed by atoms with Crippen LogP contribution >= 0.6 is 0 Å². The van der Waals surface area contributed by atoms with Crippen molar-refractivity contribution in [3.8, 4) is 0 Å². The van der Waals surface area contributed by atoms with Gasteiger partial charge in [0.2, 0.25) is 11.4 Å². The number of methoxy groups -OCH3 is 1. The van der Waals surface area contributed by atoms with E-state index in [0.717, 1.165) is 18.1 Å². The molecule has 4 nitrogen and oxygen atoms in total. The van der Waals surface area contributed by atoms with Gasteiger partial charge in [-0.3, -0.25) is 4.79 Å². The molecule has 1 N–H and O–H groups in total. The number of ether oxygens (including phenoxy) is 1. The molecule has 0 aromatic rings. The lowest BCUT2D eigenvalue weighted by Crippen LogP contribution is -2.53. The Balaban J connectivity index is 3.06. The fourth-order valence-corrected chi connectivity index (χ4v) is 6.27. The smallest absolute Gasteiger partial charge is 0.206 e. The van der Waals surface area contributed by atoms with Crippen molar-refractivity contribution >= 4 is 14.1 Å². The predicted molar refractivity (Wildman–Crippen MR) is 109 cm³/mol. The maximum atomic E-state index is 12.3. The predicted octanol–water partition coefficient (Wildman–Crippen LogP) is 4.69. The maximum absolute atomic E-state index is 12.3. The Morgan fingerprint density at radius 3 is 2.31 bits per heavy atom. The first-order chi connectivity index (χ1) is 12.3. The van der Waals surface area contributed by atoms with Crippen molar-refractivity contribution in [1.82, 2.24) is 0 Å². The zero-order chi connectivity index (χ0) is 20.0. The molecule has 0 aromatic heterocycles. The first-order valence-electron chi connectivity index (χ1n) is 9.44. The van der Waals surface area contributed by atoms with Gasteiger partial charge in [-0.1, -0.05) is 51.7 Å². The number of carbonyl (C=O) groups excluding carboxylic acids is 1. The molecule has 146 valence electrons. The molecule has 0 bridgehead atoms. The number of allylic oxidation sites excluding steroid dienone is 3. The zero-order valence-electron chi connectivity index (χ0n) is 17.1. The number of carbonyl (C=O) groups is 1. The topological polar surface area (TPSA) is 55.8 Å². The molecule has 0 radical (unpaired) electrons. The van der Waals surface area contributed by atoms with Crippen LogP contribution in [-0.4, -0.2) is 38.0 Å². The van der Waals surface area contributed by atoms with Gasteiger partial charge in [0.05, 0.1) is 13.2 Å². The van der Waals surface area contributed by atoms with Gasteiger partial charge in [-0.25, -0.2) is 0 Å². The summed E-state index contributed by atoms with van der Waals surface area (Å²) in [6, 6.07) is 3.10. The van der Waals surface area contributed by atoms with Gasteiger partial charge in [0, 0.05) is 12.0 Å². The van der Waals surface area contributed by atoms with Crippen molar-refractivity contribution in [3.05, 3.63) is 47.8 Å². The summed E-state index contributed by atoms with van der Waals surface area (Å²) < 4.78 is 11.8. The highest BCUT2D eigenvalue weighted by molar-refractivity contribution is 6.73. The summed E-state index contributed by atoms with van der Waals surface area (Å²) in [6.07, 6.45) is 7.99. The van der Waals surface area contributed by atoms with E-state index in [1.807, 2.05) is 31.2 Å². The minimum Gasteiger partial charge on any atom is -0.497 e. The van der Waals surface area contributed by atoms with Crippen LogP contribution in [0.3, 0.4) is 0 Å². The highest BCUT2D eigenvalue weighted by atomic mass is 28.4. The van der Waals surface area contributed by atoms with Gasteiger partial charge in [-0.15, -0.1) is 0 Å². The molecule has 1 aliphatic carbocycles. The van der Waals surface area contributed by atoms with E-state index in [2.05, 4.69) is 27.4 Å². The molecule has 1 rings (SSSR count). The number of hydrogen-bond acceptors (Lipinski definition) is 4. The highest BCUT2D eigenvalue weighted by Gasteiger charge is 2.54. The van der Waals surface area contributed by atoms with Crippen LogP contribution in [0.15, 0.2) is 47.8 Å². The van der Waals surface area contributed by atoms with E-state index >= 15 is 0 Å². The minimum absolute atomic E-state index is 0.221. The molecule has 1 aliphatic rings. The molecule has 0 aromatic carbocycles. The highest BCUT2D eigenvalue weighted by Crippen LogP contribution is 2.42. The van der Waals surface area contributed by atoms with Gasteiger partial charge in [-0.2, -0.15) is 0 Å². The molecule has 0 aliphatic heterocycles. The molecule has 0 saturated carbocycles. The molecular formula is C21H34O4Si. The van der Waals surface area contributed by atoms with E-state index in [1.165, 1.54) is 7.11 Å². The van der Waals surface area contributed by atoms with Gasteiger partial charge >= 0.3 is 0 Å². The fourth-order valence-electron chi connectivity index (χ4n) is 3.47. The van der Waals surface area contributed by atoms with Crippen molar-refractivity contribution in [2.75, 3.05) is 7.11 Å². The number of hydrogen-bond donors (Lipinski definition) is 1. The first kappa shape index (κ1) is 22.6. The first-order valence-corrected chi connectivity index (χ1v) is 12.0. The van der Waals surface area contributed by atoms with Crippen molar-refractivity contribution in [1.29, 1.82) is 0 Å². The maximum Gasteiger partial charge on any atom is 0.206 e. The van der Waals surface area contributed by atoms with Crippen LogP contribution in [0, 0.1) is 0 Å². The van der Waals surface area contributed by atoms with Crippen LogP contribution < -0.4 is 0 Å². The van der Waals surface area contributed by atoms with Gasteiger partial charge in [0.15, 0.2) is 8.32 Å². The summed E-state index contributed by atoms with van der Waals surface area (Å²) in [4.78, 5) is 12.3. The Morgan fingerprint density at radius 2 is 1.85 bits per heavy atom. The Hall–Kier alpha value is -1.43. The third kappa shape index (κ3) is 4.27. The molecule has 0 fully saturated rings. The van der Waals surface area contributed by atoms with E-state index < -0.39 is 13.9 Å². The average molecular weight is 379 g/mol. The molecule has 26 heavy (non-hydrogen) atoms. The SMILES string of the molecule is C=C(CC(/C=C/C=C/C)O[Si](CC)(CC)CC)C1(O)C(=O)C(C)=C1OC. The Kier molecular flexibility index (Phi) is 8.25. The Bertz CT molecular complexity index is 605. The summed E-state index contributed by atoms with van der Waals surface area (Å²) in [5, 5.41) is 10.9. The number of aliphatic hydroxyl groups is 1. The fraction of sp³-hybridized carbons (Fsp3) is 0.571. The largest absolute Gasteiger partial charge is 0.497 e. The molecule has 0 heterocycles. The molecule has 0 saturated heterocycles. The second-order valence-corrected chi connectivity index (χ2v) is 11.5. The van der Waals surface area contributed by atoms with Crippen molar-refractivity contribution in [3.63, 3.8) is 0 Å². The average Bonchev–Trinajstić information content (AvgIpc) is 2.65. The molecule has 2 unspecified atom stereocenters. The monoisotopic (exact) mass is 378 g/mol. The lowest BCUT2D eigenvalue weighted by atomic mass is 9.72. The van der Waals surface area contributed by atoms with E-state index in [4.69, 9.17) is 9.16 Å². The second-order valence-electron chi connectivity index (χ2n) is 6.82. The molecule has 0 amide bonds. The number of ketones is 1. The van der Waals surface area contributed by atoms with Gasteiger partial charge in [0.25, 0.3) is 0 Å². The van der Waals surface area contributed by atoms with Gasteiger partial charge < -0.3 is 14.3 Å². The van der Waals surface area contributed by atoms with Crippen molar-refractivity contribution < 1.29 is 19.1 Å². The number of Topliss-reactive ketones (excluding diaryl/α,β-unsaturated/α-hetero) is 1. The third-order valence-electron chi connectivity index (χ3n) is 5.47. The lowest BCUT2D eigenvalue weighted by Gasteiger charge is -2.40. The normalized spacial score (nSPS) is 22.2. The van der Waals surface area contributed by atoms with Crippen LogP contribution in [0.2, 0.25) is 18.1 Å². The van der Waals surface area contributed by atoms with Crippen LogP contribution in [0.4, 0.5) is 0 Å². The van der Waals surface area contributed by atoms with Crippen LogP contribution in [-0.2, 0) is 14.0 Å². The number of rotatable bonds is 11. The lowest BCUT2D eigenvalue weighted by molar-refractivity contribution is -0.135. The standard InChI is InChI=1S/C21H34O4Si/c1-8-12-13-14-18(25-26(9-2,10-3)11-4)15-16(5)21(23)19(22)17(6)20(21)24-7/h8,12-14,18,23H,5,9-11,15H2,1-4,6-7H3/b12-8+,14-13+. The summed E-state index contributed by atoms with van der Waals surface area (Å²) in [5.74, 6) is -0.0332. The summed E-state index contributed by atoms with van der Waals surface area (Å²) >= 11 is 0. The van der Waals surface area contributed by atoms with E-state index in [1.54, 1.807) is 6.92 Å². The van der Waals surface area contributed by atoms with E-state index in [-0.39, 0.29) is 11.9 Å². The van der Waals surface area contributed by atoms with Gasteiger partial charge in [-0.05, 0) is 37.6 Å². The Labute approximate surface area is 159 Å². The Morgan fingerprint density at radius 1 is 1.27 bits per heavy atom. The second kappa shape index (κ2) is 9.49.